The number of piperidine rings is 1. The van der Waals surface area contributed by atoms with E-state index in [-0.39, 0.29) is 5.91 Å². The molecule has 0 aliphatic carbocycles. The number of carbonyl (C=O) groups is 1. The molecule has 1 aromatic heterocycles. The van der Waals surface area contributed by atoms with Crippen LogP contribution in [0.4, 0.5) is 0 Å². The van der Waals surface area contributed by atoms with Crippen LogP contribution in [0.2, 0.25) is 0 Å². The number of carbonyl (C=O) groups excluding carboxylic acids is 1. The van der Waals surface area contributed by atoms with Crippen LogP contribution < -0.4 is 4.74 Å². The van der Waals surface area contributed by atoms with Gasteiger partial charge in [-0.05, 0) is 36.8 Å². The molecule has 0 saturated carbocycles. The number of thiophene rings is 1. The van der Waals surface area contributed by atoms with Crippen LogP contribution >= 0.6 is 11.3 Å². The maximum Gasteiger partial charge on any atom is 0.236 e. The second-order valence-electron chi connectivity index (χ2n) is 6.48. The lowest BCUT2D eigenvalue weighted by molar-refractivity contribution is -0.133. The SMILES string of the molecule is COc1ccccc1CN(CC(=O)N1CCCCC1)Cc1cccs1. The summed E-state index contributed by atoms with van der Waals surface area (Å²) in [6, 6.07) is 12.2. The van der Waals surface area contributed by atoms with E-state index in [9.17, 15) is 4.79 Å². The van der Waals surface area contributed by atoms with Gasteiger partial charge < -0.3 is 9.64 Å². The molecule has 3 rings (SSSR count). The normalized spacial score (nSPS) is 14.7. The Morgan fingerprint density at radius 2 is 1.92 bits per heavy atom. The van der Waals surface area contributed by atoms with Crippen LogP contribution in [0.25, 0.3) is 0 Å². The Labute approximate surface area is 154 Å². The molecular formula is C20H26N2O2S. The van der Waals surface area contributed by atoms with Crippen molar-refractivity contribution < 1.29 is 9.53 Å². The van der Waals surface area contributed by atoms with Crippen molar-refractivity contribution in [3.63, 3.8) is 0 Å². The van der Waals surface area contributed by atoms with Gasteiger partial charge in [0, 0.05) is 36.6 Å². The second-order valence-corrected chi connectivity index (χ2v) is 7.51. The third-order valence-corrected chi connectivity index (χ3v) is 5.47. The molecular weight excluding hydrogens is 332 g/mol. The Kier molecular flexibility index (Phi) is 6.48. The number of para-hydroxylation sites is 1. The van der Waals surface area contributed by atoms with E-state index in [2.05, 4.69) is 28.5 Å². The van der Waals surface area contributed by atoms with Crippen molar-refractivity contribution in [2.24, 2.45) is 0 Å². The van der Waals surface area contributed by atoms with Gasteiger partial charge in [-0.25, -0.2) is 0 Å². The minimum atomic E-state index is 0.242. The Bertz CT molecular complexity index is 666. The van der Waals surface area contributed by atoms with Crippen molar-refractivity contribution in [3.8, 4) is 5.75 Å². The first kappa shape index (κ1) is 18.0. The zero-order valence-corrected chi connectivity index (χ0v) is 15.6. The number of likely N-dealkylation sites (tertiary alicyclic amines) is 1. The molecule has 0 atom stereocenters. The molecule has 1 aliphatic rings. The first-order chi connectivity index (χ1) is 12.3. The van der Waals surface area contributed by atoms with Gasteiger partial charge in [0.2, 0.25) is 5.91 Å². The monoisotopic (exact) mass is 358 g/mol. The van der Waals surface area contributed by atoms with Crippen LogP contribution in [0, 0.1) is 0 Å². The molecule has 0 bridgehead atoms. The molecule has 25 heavy (non-hydrogen) atoms. The molecule has 1 aromatic carbocycles. The third kappa shape index (κ3) is 5.06. The lowest BCUT2D eigenvalue weighted by Crippen LogP contribution is -2.42. The smallest absolute Gasteiger partial charge is 0.236 e. The molecule has 0 radical (unpaired) electrons. The summed E-state index contributed by atoms with van der Waals surface area (Å²) < 4.78 is 5.48. The number of methoxy groups -OCH3 is 1. The maximum atomic E-state index is 12.7. The van der Waals surface area contributed by atoms with Gasteiger partial charge in [0.15, 0.2) is 0 Å². The van der Waals surface area contributed by atoms with Gasteiger partial charge in [-0.1, -0.05) is 24.3 Å². The van der Waals surface area contributed by atoms with Gasteiger partial charge in [-0.2, -0.15) is 0 Å². The highest BCUT2D eigenvalue weighted by molar-refractivity contribution is 7.09. The highest BCUT2D eigenvalue weighted by Gasteiger charge is 2.20. The van der Waals surface area contributed by atoms with Crippen molar-refractivity contribution >= 4 is 17.2 Å². The first-order valence-electron chi connectivity index (χ1n) is 8.90. The minimum absolute atomic E-state index is 0.242. The molecule has 2 heterocycles. The fraction of sp³-hybridized carbons (Fsp3) is 0.450. The lowest BCUT2D eigenvalue weighted by Gasteiger charge is -2.30. The van der Waals surface area contributed by atoms with E-state index in [1.165, 1.54) is 11.3 Å². The summed E-state index contributed by atoms with van der Waals surface area (Å²) in [5, 5.41) is 2.09. The van der Waals surface area contributed by atoms with Gasteiger partial charge in [0.25, 0.3) is 0 Å². The molecule has 0 unspecified atom stereocenters. The fourth-order valence-corrected chi connectivity index (χ4v) is 4.05. The van der Waals surface area contributed by atoms with Crippen LogP contribution in [0.1, 0.15) is 29.7 Å². The molecule has 134 valence electrons. The average Bonchev–Trinajstić information content (AvgIpc) is 3.16. The minimum Gasteiger partial charge on any atom is -0.496 e. The average molecular weight is 359 g/mol. The van der Waals surface area contributed by atoms with E-state index in [0.717, 1.165) is 43.8 Å². The Hall–Kier alpha value is -1.85. The van der Waals surface area contributed by atoms with Crippen molar-refractivity contribution in [1.82, 2.24) is 9.80 Å². The number of rotatable bonds is 7. The molecule has 0 spiro atoms. The maximum absolute atomic E-state index is 12.7. The van der Waals surface area contributed by atoms with E-state index in [1.807, 2.05) is 23.1 Å². The Morgan fingerprint density at radius 3 is 2.64 bits per heavy atom. The second kappa shape index (κ2) is 9.02. The molecule has 1 aliphatic heterocycles. The Balaban J connectivity index is 1.71. The summed E-state index contributed by atoms with van der Waals surface area (Å²) in [6.07, 6.45) is 3.50. The van der Waals surface area contributed by atoms with Gasteiger partial charge in [-0.15, -0.1) is 11.3 Å². The summed E-state index contributed by atoms with van der Waals surface area (Å²) in [5.41, 5.74) is 1.12. The van der Waals surface area contributed by atoms with Gasteiger partial charge in [0.05, 0.1) is 13.7 Å². The van der Waals surface area contributed by atoms with Crippen LogP contribution in [0.15, 0.2) is 41.8 Å². The highest BCUT2D eigenvalue weighted by Crippen LogP contribution is 2.21. The number of hydrogen-bond donors (Lipinski definition) is 0. The Morgan fingerprint density at radius 1 is 1.12 bits per heavy atom. The predicted molar refractivity (Wildman–Crippen MR) is 102 cm³/mol. The van der Waals surface area contributed by atoms with E-state index in [1.54, 1.807) is 18.4 Å². The van der Waals surface area contributed by atoms with Crippen molar-refractivity contribution in [2.45, 2.75) is 32.4 Å². The molecule has 0 N–H and O–H groups in total. The standard InChI is InChI=1S/C20H26N2O2S/c1-24-19-10-4-3-8-17(19)14-21(15-18-9-7-13-25-18)16-20(23)22-11-5-2-6-12-22/h3-4,7-10,13H,2,5-6,11-12,14-16H2,1H3. The zero-order valence-electron chi connectivity index (χ0n) is 14.8. The predicted octanol–water partition coefficient (Wildman–Crippen LogP) is 3.77. The largest absolute Gasteiger partial charge is 0.496 e. The fourth-order valence-electron chi connectivity index (χ4n) is 3.30. The molecule has 2 aromatic rings. The molecule has 1 saturated heterocycles. The zero-order chi connectivity index (χ0) is 17.5. The summed E-state index contributed by atoms with van der Waals surface area (Å²) >= 11 is 1.74. The van der Waals surface area contributed by atoms with Crippen LogP contribution in [-0.4, -0.2) is 42.5 Å². The van der Waals surface area contributed by atoms with Gasteiger partial charge in [-0.3, -0.25) is 9.69 Å². The summed E-state index contributed by atoms with van der Waals surface area (Å²) in [6.45, 7) is 3.76. The van der Waals surface area contributed by atoms with Crippen LogP contribution in [0.3, 0.4) is 0 Å². The number of ether oxygens (including phenoxy) is 1. The molecule has 1 fully saturated rings. The number of hydrogen-bond acceptors (Lipinski definition) is 4. The van der Waals surface area contributed by atoms with E-state index in [4.69, 9.17) is 4.74 Å². The number of benzene rings is 1. The van der Waals surface area contributed by atoms with Crippen molar-refractivity contribution in [3.05, 3.63) is 52.2 Å². The van der Waals surface area contributed by atoms with Crippen LogP contribution in [-0.2, 0) is 17.9 Å². The molecule has 1 amide bonds. The van der Waals surface area contributed by atoms with E-state index in [0.29, 0.717) is 13.1 Å². The summed E-state index contributed by atoms with van der Waals surface area (Å²) in [5.74, 6) is 1.12. The van der Waals surface area contributed by atoms with Gasteiger partial charge in [0.1, 0.15) is 5.75 Å². The van der Waals surface area contributed by atoms with Gasteiger partial charge >= 0.3 is 0 Å². The van der Waals surface area contributed by atoms with Crippen molar-refractivity contribution in [1.29, 1.82) is 0 Å². The van der Waals surface area contributed by atoms with E-state index < -0.39 is 0 Å². The van der Waals surface area contributed by atoms with E-state index >= 15 is 0 Å². The third-order valence-electron chi connectivity index (χ3n) is 4.61. The number of amides is 1. The summed E-state index contributed by atoms with van der Waals surface area (Å²) in [7, 11) is 1.70. The van der Waals surface area contributed by atoms with Crippen molar-refractivity contribution in [2.75, 3.05) is 26.7 Å². The molecule has 5 heteroatoms. The summed E-state index contributed by atoms with van der Waals surface area (Å²) in [4.78, 5) is 18.3. The molecule has 4 nitrogen and oxygen atoms in total. The number of nitrogens with zero attached hydrogens (tertiary/aromatic N) is 2. The lowest BCUT2D eigenvalue weighted by atomic mass is 10.1. The van der Waals surface area contributed by atoms with Crippen LogP contribution in [0.5, 0.6) is 5.75 Å². The first-order valence-corrected chi connectivity index (χ1v) is 9.78. The highest BCUT2D eigenvalue weighted by atomic mass is 32.1. The topological polar surface area (TPSA) is 32.8 Å². The quantitative estimate of drug-likeness (QED) is 0.755.